The van der Waals surface area contributed by atoms with Gasteiger partial charge in [0, 0.05) is 19.5 Å². The first-order valence-corrected chi connectivity index (χ1v) is 5.08. The van der Waals surface area contributed by atoms with E-state index in [1.165, 1.54) is 11.8 Å². The minimum absolute atomic E-state index is 0.0745. The molecule has 0 rings (SSSR count). The Morgan fingerprint density at radius 1 is 1.33 bits per heavy atom. The predicted octanol–water partition coefficient (Wildman–Crippen LogP) is 2.08. The lowest BCUT2D eigenvalue weighted by Crippen LogP contribution is -2.37. The number of hydrogen-bond acceptors (Lipinski definition) is 3. The highest BCUT2D eigenvalue weighted by atomic mass is 16.6. The van der Waals surface area contributed by atoms with E-state index in [4.69, 9.17) is 4.74 Å². The Hall–Kier alpha value is -1.06. The Morgan fingerprint density at radius 3 is 2.13 bits per heavy atom. The van der Waals surface area contributed by atoms with Crippen LogP contribution in [0.2, 0.25) is 0 Å². The van der Waals surface area contributed by atoms with E-state index in [1.807, 2.05) is 20.8 Å². The van der Waals surface area contributed by atoms with Crippen molar-refractivity contribution >= 4 is 11.9 Å². The van der Waals surface area contributed by atoms with Gasteiger partial charge in [-0.3, -0.25) is 4.79 Å². The second kappa shape index (κ2) is 5.14. The average molecular weight is 215 g/mol. The van der Waals surface area contributed by atoms with E-state index >= 15 is 0 Å². The largest absolute Gasteiger partial charge is 0.444 e. The van der Waals surface area contributed by atoms with Gasteiger partial charge < -0.3 is 9.64 Å². The summed E-state index contributed by atoms with van der Waals surface area (Å²) in [5.41, 5.74) is -0.495. The molecule has 0 saturated carbocycles. The van der Waals surface area contributed by atoms with Gasteiger partial charge in [0.1, 0.15) is 11.4 Å². The summed E-state index contributed by atoms with van der Waals surface area (Å²) in [6.07, 6.45) is -0.393. The zero-order valence-corrected chi connectivity index (χ0v) is 10.5. The summed E-state index contributed by atoms with van der Waals surface area (Å²) in [4.78, 5) is 23.9. The van der Waals surface area contributed by atoms with E-state index in [2.05, 4.69) is 0 Å². The van der Waals surface area contributed by atoms with E-state index < -0.39 is 11.7 Å². The molecule has 1 amide bonds. The lowest BCUT2D eigenvalue weighted by atomic mass is 10.1. The molecule has 0 fully saturated rings. The van der Waals surface area contributed by atoms with Crippen molar-refractivity contribution in [1.29, 1.82) is 0 Å². The fourth-order valence-electron chi connectivity index (χ4n) is 0.954. The van der Waals surface area contributed by atoms with E-state index in [0.29, 0.717) is 6.54 Å². The quantitative estimate of drug-likeness (QED) is 0.724. The minimum Gasteiger partial charge on any atom is -0.444 e. The van der Waals surface area contributed by atoms with Crippen LogP contribution < -0.4 is 0 Å². The summed E-state index contributed by atoms with van der Waals surface area (Å²) in [5, 5.41) is 0. The first-order chi connectivity index (χ1) is 6.63. The zero-order valence-electron chi connectivity index (χ0n) is 10.5. The second-order valence-electron chi connectivity index (χ2n) is 4.87. The monoisotopic (exact) mass is 215 g/mol. The van der Waals surface area contributed by atoms with Gasteiger partial charge in [-0.1, -0.05) is 6.92 Å². The smallest absolute Gasteiger partial charge is 0.410 e. The van der Waals surface area contributed by atoms with Crippen molar-refractivity contribution in [3.05, 3.63) is 0 Å². The van der Waals surface area contributed by atoms with Gasteiger partial charge in [0.15, 0.2) is 0 Å². The number of amides is 1. The van der Waals surface area contributed by atoms with Gasteiger partial charge >= 0.3 is 6.09 Å². The van der Waals surface area contributed by atoms with Crippen molar-refractivity contribution < 1.29 is 14.3 Å². The van der Waals surface area contributed by atoms with Crippen molar-refractivity contribution in [2.24, 2.45) is 5.92 Å². The molecule has 0 saturated heterocycles. The fourth-order valence-corrected chi connectivity index (χ4v) is 0.954. The normalized spacial score (nSPS) is 13.2. The molecule has 0 aliphatic heterocycles. The van der Waals surface area contributed by atoms with Crippen molar-refractivity contribution in [3.63, 3.8) is 0 Å². The van der Waals surface area contributed by atoms with Crippen molar-refractivity contribution in [2.45, 2.75) is 40.2 Å². The minimum atomic E-state index is -0.495. The van der Waals surface area contributed by atoms with Crippen LogP contribution in [0, 0.1) is 5.92 Å². The molecule has 0 aliphatic rings. The number of carbonyl (C=O) groups is 2. The van der Waals surface area contributed by atoms with Crippen LogP contribution in [0.1, 0.15) is 34.6 Å². The number of carbonyl (C=O) groups excluding carboxylic acids is 2. The van der Waals surface area contributed by atoms with Gasteiger partial charge in [-0.05, 0) is 27.7 Å². The number of ether oxygens (including phenoxy) is 1. The van der Waals surface area contributed by atoms with E-state index in [1.54, 1.807) is 14.0 Å². The van der Waals surface area contributed by atoms with Crippen LogP contribution in [0.15, 0.2) is 0 Å². The molecule has 1 atom stereocenters. The molecule has 0 N–H and O–H groups in total. The summed E-state index contributed by atoms with van der Waals surface area (Å²) in [7, 11) is 1.63. The molecule has 0 aromatic carbocycles. The summed E-state index contributed by atoms with van der Waals surface area (Å²) in [6, 6.07) is 0. The lowest BCUT2D eigenvalue weighted by molar-refractivity contribution is -0.120. The molecule has 1 unspecified atom stereocenters. The molecule has 4 heteroatoms. The van der Waals surface area contributed by atoms with E-state index in [0.717, 1.165) is 0 Å². The Morgan fingerprint density at radius 2 is 1.80 bits per heavy atom. The second-order valence-corrected chi connectivity index (χ2v) is 4.87. The molecule has 88 valence electrons. The van der Waals surface area contributed by atoms with Gasteiger partial charge in [0.25, 0.3) is 0 Å². The highest BCUT2D eigenvalue weighted by molar-refractivity contribution is 5.78. The zero-order chi connectivity index (χ0) is 12.2. The van der Waals surface area contributed by atoms with Gasteiger partial charge in [0.2, 0.25) is 0 Å². The Bertz CT molecular complexity index is 243. The number of Topliss-reactive ketones (excluding diaryl/α,β-unsaturated/α-hetero) is 1. The average Bonchev–Trinajstić information content (AvgIpc) is 2.00. The summed E-state index contributed by atoms with van der Waals surface area (Å²) < 4.78 is 5.16. The molecule has 0 aromatic heterocycles. The molecule has 0 aliphatic carbocycles. The number of rotatable bonds is 3. The van der Waals surface area contributed by atoms with Crippen LogP contribution >= 0.6 is 0 Å². The maximum absolute atomic E-state index is 11.5. The first-order valence-electron chi connectivity index (χ1n) is 5.08. The topological polar surface area (TPSA) is 46.6 Å². The molecular weight excluding hydrogens is 194 g/mol. The first kappa shape index (κ1) is 13.9. The molecular formula is C11H21NO3. The number of hydrogen-bond donors (Lipinski definition) is 0. The predicted molar refractivity (Wildman–Crippen MR) is 58.7 cm³/mol. The molecule has 4 nitrogen and oxygen atoms in total. The van der Waals surface area contributed by atoms with Crippen LogP contribution in [0.3, 0.4) is 0 Å². The third-order valence-electron chi connectivity index (χ3n) is 1.95. The van der Waals surface area contributed by atoms with Crippen LogP contribution in [-0.4, -0.2) is 36.0 Å². The SMILES string of the molecule is CC(=O)C(C)CN(C)C(=O)OC(C)(C)C. The summed E-state index contributed by atoms with van der Waals surface area (Å²) in [5.74, 6) is -0.0760. The van der Waals surface area contributed by atoms with Crippen molar-refractivity contribution in [1.82, 2.24) is 4.90 Å². The van der Waals surface area contributed by atoms with E-state index in [9.17, 15) is 9.59 Å². The van der Waals surface area contributed by atoms with E-state index in [-0.39, 0.29) is 11.7 Å². The number of nitrogens with zero attached hydrogens (tertiary/aromatic N) is 1. The lowest BCUT2D eigenvalue weighted by Gasteiger charge is -2.25. The molecule has 0 bridgehead atoms. The summed E-state index contributed by atoms with van der Waals surface area (Å²) >= 11 is 0. The fraction of sp³-hybridized carbons (Fsp3) is 0.818. The highest BCUT2D eigenvalue weighted by Gasteiger charge is 2.21. The van der Waals surface area contributed by atoms with Gasteiger partial charge in [-0.15, -0.1) is 0 Å². The molecule has 0 radical (unpaired) electrons. The Labute approximate surface area is 91.6 Å². The maximum atomic E-state index is 11.5. The summed E-state index contributed by atoms with van der Waals surface area (Å²) in [6.45, 7) is 9.15. The van der Waals surface area contributed by atoms with Gasteiger partial charge in [0.05, 0.1) is 0 Å². The number of ketones is 1. The third-order valence-corrected chi connectivity index (χ3v) is 1.95. The van der Waals surface area contributed by atoms with Crippen LogP contribution in [0.5, 0.6) is 0 Å². The molecule has 0 spiro atoms. The Kier molecular flexibility index (Phi) is 4.78. The van der Waals surface area contributed by atoms with Gasteiger partial charge in [-0.2, -0.15) is 0 Å². The maximum Gasteiger partial charge on any atom is 0.410 e. The standard InChI is InChI=1S/C11H21NO3/c1-8(9(2)13)7-12(6)10(14)15-11(3,4)5/h8H,7H2,1-6H3. The van der Waals surface area contributed by atoms with Crippen molar-refractivity contribution in [2.75, 3.05) is 13.6 Å². The third kappa shape index (κ3) is 6.10. The van der Waals surface area contributed by atoms with Crippen molar-refractivity contribution in [3.8, 4) is 0 Å². The van der Waals surface area contributed by atoms with Crippen LogP contribution in [-0.2, 0) is 9.53 Å². The Balaban J connectivity index is 4.17. The highest BCUT2D eigenvalue weighted by Crippen LogP contribution is 2.10. The molecule has 0 aromatic rings. The van der Waals surface area contributed by atoms with Crippen LogP contribution in [0.25, 0.3) is 0 Å². The molecule has 0 heterocycles. The molecule has 15 heavy (non-hydrogen) atoms. The van der Waals surface area contributed by atoms with Crippen LogP contribution in [0.4, 0.5) is 4.79 Å². The van der Waals surface area contributed by atoms with Gasteiger partial charge in [-0.25, -0.2) is 4.79 Å².